The lowest BCUT2D eigenvalue weighted by Gasteiger charge is -2.20. The van der Waals surface area contributed by atoms with E-state index in [1.807, 2.05) is 26.0 Å². The maximum atomic E-state index is 12.1. The molecule has 1 aromatic carbocycles. The van der Waals surface area contributed by atoms with E-state index in [4.69, 9.17) is 0 Å². The Labute approximate surface area is 123 Å². The van der Waals surface area contributed by atoms with E-state index in [1.54, 1.807) is 0 Å². The lowest BCUT2D eigenvalue weighted by atomic mass is 9.90. The highest BCUT2D eigenvalue weighted by Crippen LogP contribution is 2.27. The van der Waals surface area contributed by atoms with Crippen LogP contribution in [-0.2, 0) is 24.0 Å². The molecule has 1 atom stereocenters. The van der Waals surface area contributed by atoms with Gasteiger partial charge in [-0.25, -0.2) is 0 Å². The van der Waals surface area contributed by atoms with Gasteiger partial charge in [0.25, 0.3) is 0 Å². The number of hydrogen-bond donors (Lipinski definition) is 1. The number of aryl methyl sites for hydroxylation is 3. The summed E-state index contributed by atoms with van der Waals surface area (Å²) in [5, 5.41) is 10.2. The third-order valence-electron chi connectivity index (χ3n) is 3.46. The lowest BCUT2D eigenvalue weighted by Crippen LogP contribution is -2.20. The van der Waals surface area contributed by atoms with Gasteiger partial charge in [0.1, 0.15) is 12.7 Å². The Balaban J connectivity index is 2.93. The van der Waals surface area contributed by atoms with Gasteiger partial charge in [0, 0.05) is 0 Å². The third-order valence-corrected chi connectivity index (χ3v) is 3.46. The Morgan fingerprint density at radius 3 is 1.95 bits per heavy atom. The van der Waals surface area contributed by atoms with Crippen LogP contribution in [0.4, 0.5) is 13.2 Å². The number of rotatable bonds is 7. The molecule has 21 heavy (non-hydrogen) atoms. The van der Waals surface area contributed by atoms with Crippen molar-refractivity contribution in [2.24, 2.45) is 0 Å². The van der Waals surface area contributed by atoms with E-state index >= 15 is 0 Å². The zero-order chi connectivity index (χ0) is 16.0. The molecule has 1 N–H and O–H groups in total. The highest BCUT2D eigenvalue weighted by Gasteiger charge is 2.28. The molecule has 0 saturated carbocycles. The molecule has 1 rings (SSSR count). The van der Waals surface area contributed by atoms with E-state index in [-0.39, 0.29) is 6.61 Å². The number of halogens is 3. The Morgan fingerprint density at radius 1 is 1.05 bits per heavy atom. The van der Waals surface area contributed by atoms with Crippen LogP contribution in [0.15, 0.2) is 12.1 Å². The molecule has 1 aromatic rings. The molecule has 0 aliphatic heterocycles. The van der Waals surface area contributed by atoms with Crippen LogP contribution < -0.4 is 0 Å². The molecule has 0 fully saturated rings. The van der Waals surface area contributed by atoms with E-state index < -0.39 is 18.9 Å². The van der Waals surface area contributed by atoms with Crippen LogP contribution in [-0.4, -0.2) is 24.5 Å². The van der Waals surface area contributed by atoms with E-state index in [1.165, 1.54) is 5.56 Å². The molecule has 5 heteroatoms. The molecule has 1 unspecified atom stereocenters. The van der Waals surface area contributed by atoms with Gasteiger partial charge in [0.2, 0.25) is 0 Å². The fraction of sp³-hybridized carbons (Fsp3) is 0.625. The van der Waals surface area contributed by atoms with Gasteiger partial charge in [0.15, 0.2) is 0 Å². The standard InChI is InChI=1S/C16H23F3O2/c1-4-11-7-12(5-2)15(13(6-3)8-11)14(20)9-21-10-16(17,18)19/h7-8,14,20H,4-6,9-10H2,1-3H3. The first-order valence-corrected chi connectivity index (χ1v) is 7.29. The average molecular weight is 304 g/mol. The molecule has 0 amide bonds. The summed E-state index contributed by atoms with van der Waals surface area (Å²) >= 11 is 0. The molecule has 0 aliphatic rings. The molecule has 0 saturated heterocycles. The minimum atomic E-state index is -4.37. The Kier molecular flexibility index (Phi) is 6.68. The van der Waals surface area contributed by atoms with Crippen LogP contribution in [0.2, 0.25) is 0 Å². The summed E-state index contributed by atoms with van der Waals surface area (Å²) in [4.78, 5) is 0. The summed E-state index contributed by atoms with van der Waals surface area (Å²) in [5.41, 5.74) is 3.86. The Hall–Kier alpha value is -1.07. The lowest BCUT2D eigenvalue weighted by molar-refractivity contribution is -0.179. The zero-order valence-electron chi connectivity index (χ0n) is 12.8. The van der Waals surface area contributed by atoms with Crippen molar-refractivity contribution in [2.45, 2.75) is 52.3 Å². The van der Waals surface area contributed by atoms with Crippen LogP contribution in [0.1, 0.15) is 49.1 Å². The average Bonchev–Trinajstić information content (AvgIpc) is 2.43. The topological polar surface area (TPSA) is 29.5 Å². The molecule has 0 radical (unpaired) electrons. The van der Waals surface area contributed by atoms with Crippen molar-refractivity contribution in [1.29, 1.82) is 0 Å². The van der Waals surface area contributed by atoms with Gasteiger partial charge in [-0.3, -0.25) is 0 Å². The summed E-state index contributed by atoms with van der Waals surface area (Å²) < 4.78 is 40.9. The number of benzene rings is 1. The highest BCUT2D eigenvalue weighted by molar-refractivity contribution is 5.41. The third kappa shape index (κ3) is 5.32. The van der Waals surface area contributed by atoms with Crippen LogP contribution >= 0.6 is 0 Å². The molecule has 0 bridgehead atoms. The van der Waals surface area contributed by atoms with E-state index in [0.29, 0.717) is 0 Å². The van der Waals surface area contributed by atoms with Crippen molar-refractivity contribution in [3.8, 4) is 0 Å². The van der Waals surface area contributed by atoms with Crippen LogP contribution in [0.3, 0.4) is 0 Å². The normalized spacial score (nSPS) is 13.5. The van der Waals surface area contributed by atoms with E-state index in [0.717, 1.165) is 36.0 Å². The summed E-state index contributed by atoms with van der Waals surface area (Å²) in [5.74, 6) is 0. The Morgan fingerprint density at radius 2 is 1.57 bits per heavy atom. The number of aliphatic hydroxyl groups excluding tert-OH is 1. The van der Waals surface area contributed by atoms with Crippen molar-refractivity contribution >= 4 is 0 Å². The molecule has 0 aromatic heterocycles. The van der Waals surface area contributed by atoms with E-state index in [9.17, 15) is 18.3 Å². The van der Waals surface area contributed by atoms with Crippen LogP contribution in [0.5, 0.6) is 0 Å². The summed E-state index contributed by atoms with van der Waals surface area (Å²) in [6.07, 6.45) is -3.05. The molecular formula is C16H23F3O2. The molecule has 2 nitrogen and oxygen atoms in total. The number of hydrogen-bond acceptors (Lipinski definition) is 2. The van der Waals surface area contributed by atoms with Crippen molar-refractivity contribution in [3.05, 3.63) is 34.4 Å². The Bertz CT molecular complexity index is 430. The van der Waals surface area contributed by atoms with Crippen molar-refractivity contribution in [2.75, 3.05) is 13.2 Å². The van der Waals surface area contributed by atoms with Crippen LogP contribution in [0, 0.1) is 0 Å². The monoisotopic (exact) mass is 304 g/mol. The number of ether oxygens (including phenoxy) is 1. The van der Waals surface area contributed by atoms with Crippen LogP contribution in [0.25, 0.3) is 0 Å². The first-order chi connectivity index (χ1) is 9.82. The van der Waals surface area contributed by atoms with Gasteiger partial charge in [-0.15, -0.1) is 0 Å². The number of alkyl halides is 3. The second kappa shape index (κ2) is 7.80. The SMILES string of the molecule is CCc1cc(CC)c(C(O)COCC(F)(F)F)c(CC)c1. The summed E-state index contributed by atoms with van der Waals surface area (Å²) in [6, 6.07) is 4.03. The molecule has 0 spiro atoms. The predicted octanol–water partition coefficient (Wildman–Crippen LogP) is 3.99. The fourth-order valence-electron chi connectivity index (χ4n) is 2.44. The minimum absolute atomic E-state index is 0.342. The van der Waals surface area contributed by atoms with Crippen molar-refractivity contribution in [1.82, 2.24) is 0 Å². The maximum absolute atomic E-state index is 12.1. The predicted molar refractivity (Wildman–Crippen MR) is 76.4 cm³/mol. The van der Waals surface area contributed by atoms with Gasteiger partial charge in [-0.1, -0.05) is 32.9 Å². The first-order valence-electron chi connectivity index (χ1n) is 7.29. The summed E-state index contributed by atoms with van der Waals surface area (Å²) in [7, 11) is 0. The largest absolute Gasteiger partial charge is 0.411 e. The summed E-state index contributed by atoms with van der Waals surface area (Å²) in [6.45, 7) is 4.32. The van der Waals surface area contributed by atoms with Crippen molar-refractivity contribution < 1.29 is 23.0 Å². The second-order valence-electron chi connectivity index (χ2n) is 5.03. The van der Waals surface area contributed by atoms with E-state index in [2.05, 4.69) is 11.7 Å². The fourth-order valence-corrected chi connectivity index (χ4v) is 2.44. The second-order valence-corrected chi connectivity index (χ2v) is 5.03. The van der Waals surface area contributed by atoms with Gasteiger partial charge in [0.05, 0.1) is 6.61 Å². The highest BCUT2D eigenvalue weighted by atomic mass is 19.4. The van der Waals surface area contributed by atoms with Gasteiger partial charge in [-0.05, 0) is 41.5 Å². The minimum Gasteiger partial charge on any atom is -0.386 e. The van der Waals surface area contributed by atoms with Gasteiger partial charge < -0.3 is 9.84 Å². The maximum Gasteiger partial charge on any atom is 0.411 e. The van der Waals surface area contributed by atoms with Crippen molar-refractivity contribution in [3.63, 3.8) is 0 Å². The molecule has 0 heterocycles. The smallest absolute Gasteiger partial charge is 0.386 e. The van der Waals surface area contributed by atoms with Gasteiger partial charge >= 0.3 is 6.18 Å². The quantitative estimate of drug-likeness (QED) is 0.825. The molecule has 0 aliphatic carbocycles. The first kappa shape index (κ1) is 18.0. The van der Waals surface area contributed by atoms with Gasteiger partial charge in [-0.2, -0.15) is 13.2 Å². The molecular weight excluding hydrogens is 281 g/mol. The zero-order valence-corrected chi connectivity index (χ0v) is 12.8. The number of aliphatic hydroxyl groups is 1. The molecule has 120 valence electrons.